The molecule has 1 N–H and O–H groups in total. The molecule has 0 unspecified atom stereocenters. The van der Waals surface area contributed by atoms with E-state index in [1.54, 1.807) is 6.33 Å². The highest BCUT2D eigenvalue weighted by molar-refractivity contribution is 14.1. The van der Waals surface area contributed by atoms with Crippen molar-refractivity contribution in [3.05, 3.63) is 16.1 Å². The molecule has 1 aromatic rings. The number of anilines is 1. The van der Waals surface area contributed by atoms with Gasteiger partial charge in [0, 0.05) is 12.7 Å². The summed E-state index contributed by atoms with van der Waals surface area (Å²) in [7, 11) is 2.19. The Morgan fingerprint density at radius 2 is 2.18 bits per heavy atom. The first-order valence-electron chi connectivity index (χ1n) is 5.97. The van der Waals surface area contributed by atoms with Gasteiger partial charge in [-0.05, 0) is 61.0 Å². The third kappa shape index (κ3) is 3.51. The minimum Gasteiger partial charge on any atom is -0.369 e. The van der Waals surface area contributed by atoms with Gasteiger partial charge in [-0.15, -0.1) is 0 Å². The third-order valence-electron chi connectivity index (χ3n) is 3.54. The summed E-state index contributed by atoms with van der Waals surface area (Å²) in [5, 5.41) is 3.46. The van der Waals surface area contributed by atoms with Crippen LogP contribution in [-0.4, -0.2) is 41.5 Å². The van der Waals surface area contributed by atoms with Gasteiger partial charge in [0.2, 0.25) is 0 Å². The monoisotopic (exact) mass is 346 g/mol. The molecule has 2 heterocycles. The van der Waals surface area contributed by atoms with Crippen molar-refractivity contribution in [3.63, 3.8) is 0 Å². The highest BCUT2D eigenvalue weighted by Crippen LogP contribution is 2.30. The van der Waals surface area contributed by atoms with E-state index in [9.17, 15) is 0 Å². The van der Waals surface area contributed by atoms with Crippen molar-refractivity contribution in [1.29, 1.82) is 0 Å². The van der Waals surface area contributed by atoms with Crippen LogP contribution in [0.4, 0.5) is 5.82 Å². The fourth-order valence-electron chi connectivity index (χ4n) is 2.07. The van der Waals surface area contributed by atoms with Crippen molar-refractivity contribution in [1.82, 2.24) is 14.9 Å². The Kier molecular flexibility index (Phi) is 4.19. The zero-order valence-electron chi connectivity index (χ0n) is 10.4. The van der Waals surface area contributed by atoms with Gasteiger partial charge in [-0.3, -0.25) is 0 Å². The Bertz CT molecular complexity index is 375. The van der Waals surface area contributed by atoms with Crippen molar-refractivity contribution in [2.45, 2.75) is 19.8 Å². The Morgan fingerprint density at radius 1 is 1.47 bits per heavy atom. The smallest absolute Gasteiger partial charge is 0.142 e. The van der Waals surface area contributed by atoms with E-state index < -0.39 is 0 Å². The number of likely N-dealkylation sites (tertiary alicyclic amines) is 1. The van der Waals surface area contributed by atoms with Gasteiger partial charge in [0.25, 0.3) is 0 Å². The molecule has 0 saturated carbocycles. The topological polar surface area (TPSA) is 41.0 Å². The highest BCUT2D eigenvalue weighted by Gasteiger charge is 2.28. The molecular weight excluding hydrogens is 327 g/mol. The summed E-state index contributed by atoms with van der Waals surface area (Å²) < 4.78 is 1.08. The second-order valence-corrected chi connectivity index (χ2v) is 6.35. The molecular formula is C12H19IN4. The van der Waals surface area contributed by atoms with Gasteiger partial charge < -0.3 is 10.2 Å². The molecule has 0 aliphatic carbocycles. The summed E-state index contributed by atoms with van der Waals surface area (Å²) in [6.07, 6.45) is 5.94. The second-order valence-electron chi connectivity index (χ2n) is 5.19. The van der Waals surface area contributed by atoms with Crippen LogP contribution in [0, 0.1) is 8.99 Å². The molecule has 1 aliphatic heterocycles. The number of hydrogen-bond acceptors (Lipinski definition) is 4. The summed E-state index contributed by atoms with van der Waals surface area (Å²) in [5.74, 6) is 0.959. The largest absolute Gasteiger partial charge is 0.369 e. The number of rotatable bonds is 3. The van der Waals surface area contributed by atoms with E-state index >= 15 is 0 Å². The normalized spacial score (nSPS) is 20.2. The van der Waals surface area contributed by atoms with E-state index in [4.69, 9.17) is 0 Å². The second kappa shape index (κ2) is 5.48. The maximum Gasteiger partial charge on any atom is 0.142 e. The minimum atomic E-state index is 0.389. The van der Waals surface area contributed by atoms with E-state index in [0.717, 1.165) is 15.9 Å². The lowest BCUT2D eigenvalue weighted by Crippen LogP contribution is -2.40. The van der Waals surface area contributed by atoms with Gasteiger partial charge >= 0.3 is 0 Å². The van der Waals surface area contributed by atoms with Crippen molar-refractivity contribution < 1.29 is 0 Å². The van der Waals surface area contributed by atoms with Crippen LogP contribution in [-0.2, 0) is 0 Å². The molecule has 2 rings (SSSR count). The summed E-state index contributed by atoms with van der Waals surface area (Å²) >= 11 is 2.27. The molecule has 1 saturated heterocycles. The Hall–Kier alpha value is -0.430. The van der Waals surface area contributed by atoms with Crippen LogP contribution in [0.25, 0.3) is 0 Å². The van der Waals surface area contributed by atoms with Crippen molar-refractivity contribution in [3.8, 4) is 0 Å². The molecule has 0 spiro atoms. The van der Waals surface area contributed by atoms with Crippen LogP contribution < -0.4 is 5.32 Å². The van der Waals surface area contributed by atoms with Crippen LogP contribution in [0.3, 0.4) is 0 Å². The van der Waals surface area contributed by atoms with Gasteiger partial charge in [0.05, 0.1) is 3.57 Å². The average Bonchev–Trinajstić information content (AvgIpc) is 2.33. The quantitative estimate of drug-likeness (QED) is 0.853. The van der Waals surface area contributed by atoms with Gasteiger partial charge in [-0.1, -0.05) is 6.92 Å². The van der Waals surface area contributed by atoms with E-state index in [1.807, 2.05) is 6.20 Å². The number of halogens is 1. The molecule has 0 atom stereocenters. The van der Waals surface area contributed by atoms with E-state index in [0.29, 0.717) is 5.41 Å². The lowest BCUT2D eigenvalue weighted by molar-refractivity contribution is 0.150. The average molecular weight is 346 g/mol. The molecule has 1 aliphatic rings. The van der Waals surface area contributed by atoms with Gasteiger partial charge in [0.15, 0.2) is 0 Å². The molecule has 0 amide bonds. The molecule has 0 bridgehead atoms. The van der Waals surface area contributed by atoms with Crippen molar-refractivity contribution in [2.24, 2.45) is 5.41 Å². The molecule has 4 nitrogen and oxygen atoms in total. The molecule has 1 aromatic heterocycles. The summed E-state index contributed by atoms with van der Waals surface area (Å²) in [4.78, 5) is 10.7. The van der Waals surface area contributed by atoms with E-state index in [-0.39, 0.29) is 0 Å². The minimum absolute atomic E-state index is 0.389. The summed E-state index contributed by atoms with van der Waals surface area (Å²) in [6.45, 7) is 5.74. The number of piperidine rings is 1. The van der Waals surface area contributed by atoms with Crippen molar-refractivity contribution in [2.75, 3.05) is 32.0 Å². The Balaban J connectivity index is 1.92. The molecule has 5 heteroatoms. The van der Waals surface area contributed by atoms with Gasteiger partial charge in [-0.2, -0.15) is 0 Å². The van der Waals surface area contributed by atoms with Crippen LogP contribution in [0.5, 0.6) is 0 Å². The number of nitrogens with one attached hydrogen (secondary N) is 1. The maximum atomic E-state index is 4.27. The third-order valence-corrected chi connectivity index (χ3v) is 4.33. The first-order valence-corrected chi connectivity index (χ1v) is 7.05. The Labute approximate surface area is 116 Å². The van der Waals surface area contributed by atoms with Crippen molar-refractivity contribution >= 4 is 28.4 Å². The van der Waals surface area contributed by atoms with Crippen LogP contribution in [0.2, 0.25) is 0 Å². The lowest BCUT2D eigenvalue weighted by Gasteiger charge is -2.38. The zero-order chi connectivity index (χ0) is 12.3. The molecule has 94 valence electrons. The standard InChI is InChI=1S/C12H19IN4/c1-12(3-5-17(2)6-4-12)8-15-11-10(13)7-14-9-16-11/h7,9H,3-6,8H2,1-2H3,(H,14,15,16). The molecule has 0 aromatic carbocycles. The van der Waals surface area contributed by atoms with Gasteiger partial charge in [-0.25, -0.2) is 9.97 Å². The van der Waals surface area contributed by atoms with Gasteiger partial charge in [0.1, 0.15) is 12.1 Å². The number of hydrogen-bond donors (Lipinski definition) is 1. The summed E-state index contributed by atoms with van der Waals surface area (Å²) in [5.41, 5.74) is 0.389. The fourth-order valence-corrected chi connectivity index (χ4v) is 2.57. The maximum absolute atomic E-state index is 4.27. The fraction of sp³-hybridized carbons (Fsp3) is 0.667. The molecule has 1 fully saturated rings. The zero-order valence-corrected chi connectivity index (χ0v) is 12.6. The molecule has 17 heavy (non-hydrogen) atoms. The lowest BCUT2D eigenvalue weighted by atomic mass is 9.80. The Morgan fingerprint density at radius 3 is 2.82 bits per heavy atom. The molecule has 0 radical (unpaired) electrons. The number of aromatic nitrogens is 2. The predicted molar refractivity (Wildman–Crippen MR) is 78.1 cm³/mol. The number of nitrogens with zero attached hydrogens (tertiary/aromatic N) is 3. The predicted octanol–water partition coefficient (Wildman–Crippen LogP) is 2.22. The first-order chi connectivity index (χ1) is 8.09. The SMILES string of the molecule is CN1CCC(C)(CNc2ncncc2I)CC1. The summed E-state index contributed by atoms with van der Waals surface area (Å²) in [6, 6.07) is 0. The van der Waals surface area contributed by atoms with Crippen LogP contribution in [0.1, 0.15) is 19.8 Å². The van der Waals surface area contributed by atoms with E-state index in [2.05, 4.69) is 56.7 Å². The van der Waals surface area contributed by atoms with Crippen LogP contribution >= 0.6 is 22.6 Å². The van der Waals surface area contributed by atoms with E-state index in [1.165, 1.54) is 25.9 Å². The first kappa shape index (κ1) is 13.0. The van der Waals surface area contributed by atoms with Crippen LogP contribution in [0.15, 0.2) is 12.5 Å². The highest BCUT2D eigenvalue weighted by atomic mass is 127.